The topological polar surface area (TPSA) is 124 Å². The molecule has 3 atom stereocenters. The molecule has 5 rings (SSSR count). The lowest BCUT2D eigenvalue weighted by Crippen LogP contribution is -2.60. The van der Waals surface area contributed by atoms with E-state index in [0.29, 0.717) is 18.7 Å². The Morgan fingerprint density at radius 3 is 2.54 bits per heavy atom. The van der Waals surface area contributed by atoms with E-state index in [1.807, 2.05) is 36.5 Å². The van der Waals surface area contributed by atoms with Crippen LogP contribution in [0, 0.1) is 0 Å². The van der Waals surface area contributed by atoms with Gasteiger partial charge in [0.1, 0.15) is 11.6 Å². The van der Waals surface area contributed by atoms with E-state index in [2.05, 4.69) is 15.6 Å². The largest absolute Gasteiger partial charge is 0.444 e. The minimum Gasteiger partial charge on any atom is -0.444 e. The van der Waals surface area contributed by atoms with Gasteiger partial charge in [0.15, 0.2) is 0 Å². The van der Waals surface area contributed by atoms with Gasteiger partial charge in [-0.2, -0.15) is 0 Å². The highest BCUT2D eigenvalue weighted by molar-refractivity contribution is 6.16. The number of nitrogens with zero attached hydrogens (tertiary/aromatic N) is 2. The highest BCUT2D eigenvalue weighted by atomic mass is 16.6. The Balaban J connectivity index is 1.32. The average Bonchev–Trinajstić information content (AvgIpc) is 3.47. The first-order valence-corrected chi connectivity index (χ1v) is 13.1. The molecule has 3 aromatic rings. The molecule has 10 heteroatoms. The molecule has 0 aliphatic carbocycles. The molecule has 3 heterocycles. The number of ether oxygens (including phenoxy) is 1. The number of urea groups is 1. The van der Waals surface area contributed by atoms with Crippen LogP contribution in [0.25, 0.3) is 10.9 Å². The Kier molecular flexibility index (Phi) is 7.03. The number of aromatic nitrogens is 1. The summed E-state index contributed by atoms with van der Waals surface area (Å²) < 4.78 is 5.42. The van der Waals surface area contributed by atoms with Crippen LogP contribution in [0.4, 0.5) is 15.3 Å². The van der Waals surface area contributed by atoms with Gasteiger partial charge in [-0.05, 0) is 51.0 Å². The smallest absolute Gasteiger partial charge is 0.408 e. The number of anilines is 1. The maximum Gasteiger partial charge on any atom is 0.408 e. The summed E-state index contributed by atoms with van der Waals surface area (Å²) in [5, 5.41) is 6.70. The molecule has 2 aliphatic heterocycles. The maximum absolute atomic E-state index is 13.6. The second kappa shape index (κ2) is 10.4. The van der Waals surface area contributed by atoms with Crippen molar-refractivity contribution in [2.24, 2.45) is 0 Å². The van der Waals surface area contributed by atoms with Crippen LogP contribution in [0.2, 0.25) is 0 Å². The number of H-pyrrole nitrogens is 1. The van der Waals surface area contributed by atoms with Crippen LogP contribution in [0.15, 0.2) is 60.8 Å². The van der Waals surface area contributed by atoms with E-state index < -0.39 is 35.7 Å². The standard InChI is InChI=1S/C29H33N5O5/c1-29(2,3)39-27(37)32-23(15-18-17-30-21-12-8-7-11-20(18)21)26(36)31-22-13-14-33-24(22)16-25(35)34(28(33)38)19-9-5-4-6-10-19/h4-12,17,22-24,30H,13-16H2,1-3H3,(H,31,36)(H,32,37)/t22-,23+,24+/m1/s1. The van der Waals surface area contributed by atoms with E-state index in [1.165, 1.54) is 4.90 Å². The summed E-state index contributed by atoms with van der Waals surface area (Å²) in [4.78, 5) is 58.6. The van der Waals surface area contributed by atoms with Crippen LogP contribution in [0.5, 0.6) is 0 Å². The fourth-order valence-electron chi connectivity index (χ4n) is 5.31. The molecule has 2 fully saturated rings. The van der Waals surface area contributed by atoms with Crippen LogP contribution in [-0.4, -0.2) is 64.1 Å². The van der Waals surface area contributed by atoms with Crippen molar-refractivity contribution in [1.82, 2.24) is 20.5 Å². The second-order valence-corrected chi connectivity index (χ2v) is 11.0. The van der Waals surface area contributed by atoms with Crippen molar-refractivity contribution < 1.29 is 23.9 Å². The number of amides is 5. The molecule has 0 saturated carbocycles. The summed E-state index contributed by atoms with van der Waals surface area (Å²) in [6, 6.07) is 14.4. The summed E-state index contributed by atoms with van der Waals surface area (Å²) in [5.41, 5.74) is 1.60. The molecular weight excluding hydrogens is 498 g/mol. The molecule has 2 saturated heterocycles. The summed E-state index contributed by atoms with van der Waals surface area (Å²) in [7, 11) is 0. The monoisotopic (exact) mass is 531 g/mol. The number of rotatable bonds is 6. The van der Waals surface area contributed by atoms with Gasteiger partial charge >= 0.3 is 12.1 Å². The molecule has 204 valence electrons. The highest BCUT2D eigenvalue weighted by Crippen LogP contribution is 2.31. The van der Waals surface area contributed by atoms with Crippen molar-refractivity contribution >= 4 is 40.5 Å². The van der Waals surface area contributed by atoms with Crippen molar-refractivity contribution in [3.63, 3.8) is 0 Å². The third-order valence-electron chi connectivity index (χ3n) is 7.06. The third kappa shape index (κ3) is 5.59. The zero-order chi connectivity index (χ0) is 27.7. The average molecular weight is 532 g/mol. The lowest BCUT2D eigenvalue weighted by atomic mass is 10.0. The quantitative estimate of drug-likeness (QED) is 0.447. The Bertz CT molecular complexity index is 1400. The summed E-state index contributed by atoms with van der Waals surface area (Å²) in [6.07, 6.45) is 1.96. The number of para-hydroxylation sites is 2. The molecule has 2 aliphatic rings. The van der Waals surface area contributed by atoms with Gasteiger partial charge in [-0.25, -0.2) is 14.5 Å². The Hall–Kier alpha value is -4.34. The molecule has 0 bridgehead atoms. The maximum atomic E-state index is 13.6. The first-order chi connectivity index (χ1) is 18.6. The van der Waals surface area contributed by atoms with Crippen LogP contribution < -0.4 is 15.5 Å². The molecule has 10 nitrogen and oxygen atoms in total. The van der Waals surface area contributed by atoms with Crippen molar-refractivity contribution in [3.05, 3.63) is 66.4 Å². The van der Waals surface area contributed by atoms with E-state index >= 15 is 0 Å². The number of nitrogens with one attached hydrogen (secondary N) is 3. The molecule has 2 aromatic carbocycles. The van der Waals surface area contributed by atoms with E-state index in [-0.39, 0.29) is 24.8 Å². The molecule has 39 heavy (non-hydrogen) atoms. The van der Waals surface area contributed by atoms with Crippen molar-refractivity contribution in [1.29, 1.82) is 0 Å². The number of aromatic amines is 1. The van der Waals surface area contributed by atoms with Crippen LogP contribution in [0.1, 0.15) is 39.2 Å². The van der Waals surface area contributed by atoms with E-state index in [0.717, 1.165) is 16.5 Å². The Morgan fingerprint density at radius 1 is 1.08 bits per heavy atom. The van der Waals surface area contributed by atoms with Crippen molar-refractivity contribution in [3.8, 4) is 0 Å². The minimum atomic E-state index is -0.927. The molecule has 1 aromatic heterocycles. The SMILES string of the molecule is CC(C)(C)OC(=O)N[C@@H](Cc1c[nH]c2ccccc12)C(=O)N[C@@H]1CCN2C(=O)N(c3ccccc3)C(=O)C[C@@H]12. The van der Waals surface area contributed by atoms with Crippen molar-refractivity contribution in [2.45, 2.75) is 63.8 Å². The lowest BCUT2D eigenvalue weighted by molar-refractivity contribution is -0.125. The van der Waals surface area contributed by atoms with E-state index in [4.69, 9.17) is 4.74 Å². The molecule has 0 unspecified atom stereocenters. The number of hydrogen-bond donors (Lipinski definition) is 3. The summed E-state index contributed by atoms with van der Waals surface area (Å²) in [6.45, 7) is 5.68. The van der Waals surface area contributed by atoms with Gasteiger partial charge in [-0.3, -0.25) is 9.59 Å². The van der Waals surface area contributed by atoms with Gasteiger partial charge in [-0.1, -0.05) is 36.4 Å². The number of carbonyl (C=O) groups excluding carboxylic acids is 4. The first-order valence-electron chi connectivity index (χ1n) is 13.1. The van der Waals surface area contributed by atoms with Gasteiger partial charge in [0.2, 0.25) is 11.8 Å². The van der Waals surface area contributed by atoms with Gasteiger partial charge in [0.05, 0.1) is 24.2 Å². The minimum absolute atomic E-state index is 0.0954. The van der Waals surface area contributed by atoms with E-state index in [9.17, 15) is 19.2 Å². The van der Waals surface area contributed by atoms with Gasteiger partial charge in [0, 0.05) is 30.1 Å². The predicted molar refractivity (Wildman–Crippen MR) is 146 cm³/mol. The van der Waals surface area contributed by atoms with Gasteiger partial charge in [-0.15, -0.1) is 0 Å². The van der Waals surface area contributed by atoms with Crippen molar-refractivity contribution in [2.75, 3.05) is 11.4 Å². The van der Waals surface area contributed by atoms with E-state index in [1.54, 1.807) is 49.9 Å². The van der Waals surface area contributed by atoms with Crippen LogP contribution in [-0.2, 0) is 20.7 Å². The molecule has 3 N–H and O–H groups in total. The Morgan fingerprint density at radius 2 is 1.79 bits per heavy atom. The molecule has 0 spiro atoms. The number of fused-ring (bicyclic) bond motifs is 2. The van der Waals surface area contributed by atoms with Crippen LogP contribution in [0.3, 0.4) is 0 Å². The summed E-state index contributed by atoms with van der Waals surface area (Å²) >= 11 is 0. The Labute approximate surface area is 226 Å². The number of hydrogen-bond acceptors (Lipinski definition) is 5. The zero-order valence-electron chi connectivity index (χ0n) is 22.3. The number of benzene rings is 2. The number of alkyl carbamates (subject to hydrolysis) is 1. The molecule has 0 radical (unpaired) electrons. The fourth-order valence-corrected chi connectivity index (χ4v) is 5.31. The molecular formula is C29H33N5O5. The first kappa shape index (κ1) is 26.3. The third-order valence-corrected chi connectivity index (χ3v) is 7.06. The normalized spacial score (nSPS) is 20.1. The zero-order valence-corrected chi connectivity index (χ0v) is 22.3. The van der Waals surface area contributed by atoms with Gasteiger partial charge in [0.25, 0.3) is 0 Å². The molecule has 5 amide bonds. The second-order valence-electron chi connectivity index (χ2n) is 11.0. The predicted octanol–water partition coefficient (Wildman–Crippen LogP) is 3.72. The lowest BCUT2D eigenvalue weighted by Gasteiger charge is -2.38. The summed E-state index contributed by atoms with van der Waals surface area (Å²) in [5.74, 6) is -0.709. The highest BCUT2D eigenvalue weighted by Gasteiger charge is 2.47. The number of carbonyl (C=O) groups is 4. The van der Waals surface area contributed by atoms with Gasteiger partial charge < -0.3 is 25.3 Å². The van der Waals surface area contributed by atoms with Crippen LogP contribution >= 0.6 is 0 Å². The fraction of sp³-hybridized carbons (Fsp3) is 0.379. The number of imide groups is 1.